The van der Waals surface area contributed by atoms with Gasteiger partial charge in [0, 0.05) is 16.5 Å². The zero-order chi connectivity index (χ0) is 40.3. The first kappa shape index (κ1) is 34.9. The molecule has 0 saturated heterocycles. The molecule has 0 radical (unpaired) electrons. The van der Waals surface area contributed by atoms with Crippen molar-refractivity contribution in [3.05, 3.63) is 224 Å². The number of hydrogen-bond donors (Lipinski definition) is 0. The van der Waals surface area contributed by atoms with E-state index in [0.29, 0.717) is 22.3 Å². The fourth-order valence-corrected chi connectivity index (χ4v) is 9.26. The first-order chi connectivity index (χ1) is 30.3. The van der Waals surface area contributed by atoms with Crippen LogP contribution in [0, 0.1) is 0 Å². The van der Waals surface area contributed by atoms with E-state index in [9.17, 15) is 0 Å². The van der Waals surface area contributed by atoms with Gasteiger partial charge in [0.25, 0.3) is 0 Å². The Bertz CT molecular complexity index is 3630. The second-order valence-electron chi connectivity index (χ2n) is 15.6. The summed E-state index contributed by atoms with van der Waals surface area (Å²) in [7, 11) is 0. The molecule has 11 aromatic carbocycles. The number of anilines is 3. The third-order valence-corrected chi connectivity index (χ3v) is 12.1. The van der Waals surface area contributed by atoms with E-state index in [1.807, 2.05) is 6.07 Å². The molecule has 12 aromatic rings. The van der Waals surface area contributed by atoms with Crippen LogP contribution in [-0.2, 0) is 0 Å². The molecule has 0 bridgehead atoms. The van der Waals surface area contributed by atoms with Crippen LogP contribution in [0.15, 0.2) is 233 Å². The lowest BCUT2D eigenvalue weighted by atomic mass is 9.94. The summed E-state index contributed by atoms with van der Waals surface area (Å²) >= 11 is 0. The van der Waals surface area contributed by atoms with Gasteiger partial charge in [-0.15, -0.1) is 0 Å². The minimum Gasteiger partial charge on any atom is -0.449 e. The molecule has 0 fully saturated rings. The normalized spacial score (nSPS) is 11.6. The second-order valence-corrected chi connectivity index (χ2v) is 15.6. The second kappa shape index (κ2) is 14.3. The van der Waals surface area contributed by atoms with Crippen LogP contribution >= 0.6 is 0 Å². The van der Waals surface area contributed by atoms with Gasteiger partial charge in [-0.1, -0.05) is 182 Å². The van der Waals surface area contributed by atoms with Crippen molar-refractivity contribution in [1.29, 1.82) is 0 Å². The molecule has 12 rings (SSSR count). The van der Waals surface area contributed by atoms with Crippen molar-refractivity contribution in [3.8, 4) is 22.3 Å². The van der Waals surface area contributed by atoms with Gasteiger partial charge in [0.1, 0.15) is 0 Å². The molecule has 1 aromatic heterocycles. The summed E-state index contributed by atoms with van der Waals surface area (Å²) in [4.78, 5) is 2.31. The highest BCUT2D eigenvalue weighted by atomic mass is 16.4. The number of hydrogen-bond acceptors (Lipinski definition) is 3. The molecule has 0 amide bonds. The van der Waals surface area contributed by atoms with Gasteiger partial charge in [0.2, 0.25) is 0 Å². The molecular weight excluding hydrogens is 743 g/mol. The number of nitrogens with zero attached hydrogens (tertiary/aromatic N) is 1. The molecule has 0 atom stereocenters. The average molecular weight is 780 g/mol. The topological polar surface area (TPSA) is 29.5 Å². The lowest BCUT2D eigenvalue weighted by Gasteiger charge is -2.27. The van der Waals surface area contributed by atoms with Gasteiger partial charge in [-0.05, 0) is 108 Å². The largest absolute Gasteiger partial charge is 0.449 e. The van der Waals surface area contributed by atoms with Crippen LogP contribution in [-0.4, -0.2) is 0 Å². The predicted octanol–water partition coefficient (Wildman–Crippen LogP) is 16.9. The molecule has 0 unspecified atom stereocenters. The molecule has 0 aliphatic rings. The molecule has 286 valence electrons. The number of rotatable bonds is 5. The molecule has 0 saturated carbocycles. The standard InChI is InChI=1S/C58H37NO2/c1-2-14-38(15-3-1)39-28-30-40(31-29-39)41-32-34-43(35-33-41)59(52-25-12-17-42-16-4-5-18-44(42)52)53-26-13-27-54-57(53)61-58-55(60-54)37-36-51-49-23-9-8-21-47(49)45-19-6-7-20-46(45)48-22-10-11-24-50(48)56(51)58/h1-37H. The number of benzene rings is 10. The maximum Gasteiger partial charge on any atom is 0.194 e. The van der Waals surface area contributed by atoms with E-state index >= 15 is 0 Å². The third kappa shape index (κ3) is 5.82. The van der Waals surface area contributed by atoms with E-state index in [2.05, 4.69) is 223 Å². The Kier molecular flexibility index (Phi) is 8.17. The monoisotopic (exact) mass is 779 g/mol. The Morgan fingerprint density at radius 2 is 0.705 bits per heavy atom. The van der Waals surface area contributed by atoms with Gasteiger partial charge >= 0.3 is 0 Å². The third-order valence-electron chi connectivity index (χ3n) is 12.1. The zero-order valence-corrected chi connectivity index (χ0v) is 33.1. The van der Waals surface area contributed by atoms with Crippen molar-refractivity contribution in [1.82, 2.24) is 0 Å². The van der Waals surface area contributed by atoms with Gasteiger partial charge in [0.05, 0.1) is 11.4 Å². The van der Waals surface area contributed by atoms with Crippen LogP contribution in [0.25, 0.3) is 98.4 Å². The molecule has 0 N–H and O–H groups in total. The Morgan fingerprint density at radius 3 is 1.34 bits per heavy atom. The molecule has 3 nitrogen and oxygen atoms in total. The molecular formula is C58H37NO2. The molecule has 61 heavy (non-hydrogen) atoms. The van der Waals surface area contributed by atoms with E-state index in [1.165, 1.54) is 27.3 Å². The van der Waals surface area contributed by atoms with Crippen LogP contribution in [0.2, 0.25) is 0 Å². The lowest BCUT2D eigenvalue weighted by molar-refractivity contribution is 0.585. The van der Waals surface area contributed by atoms with E-state index < -0.39 is 0 Å². The van der Waals surface area contributed by atoms with Gasteiger partial charge in [-0.3, -0.25) is 0 Å². The van der Waals surface area contributed by atoms with Crippen molar-refractivity contribution < 1.29 is 8.83 Å². The highest BCUT2D eigenvalue weighted by Crippen LogP contribution is 2.45. The zero-order valence-electron chi connectivity index (χ0n) is 33.1. The SMILES string of the molecule is c1ccc(-c2ccc(-c3ccc(N(c4cccc5ccccc45)c4cccc5oc6ccc7c8ccccc8c8ccccc8c8ccccc8c7c6oc45)cc3)cc2)cc1. The molecule has 0 aliphatic heterocycles. The summed E-state index contributed by atoms with van der Waals surface area (Å²) in [6.45, 7) is 0. The molecule has 3 heteroatoms. The fourth-order valence-electron chi connectivity index (χ4n) is 9.26. The fraction of sp³-hybridized carbons (Fsp3) is 0. The van der Waals surface area contributed by atoms with Crippen LogP contribution in [0.3, 0.4) is 0 Å². The van der Waals surface area contributed by atoms with Gasteiger partial charge < -0.3 is 13.7 Å². The molecule has 0 spiro atoms. The highest BCUT2D eigenvalue weighted by molar-refractivity contribution is 6.29. The quantitative estimate of drug-likeness (QED) is 0.163. The first-order valence-corrected chi connectivity index (χ1v) is 20.7. The van der Waals surface area contributed by atoms with Gasteiger partial charge in [0.15, 0.2) is 22.3 Å². The molecule has 0 aliphatic carbocycles. The van der Waals surface area contributed by atoms with Crippen molar-refractivity contribution in [2.45, 2.75) is 0 Å². The van der Waals surface area contributed by atoms with Crippen LogP contribution in [0.5, 0.6) is 0 Å². The van der Waals surface area contributed by atoms with Gasteiger partial charge in [-0.2, -0.15) is 0 Å². The van der Waals surface area contributed by atoms with E-state index in [0.717, 1.165) is 65.9 Å². The average Bonchev–Trinajstić information content (AvgIpc) is 3.33. The molecule has 1 heterocycles. The number of fused-ring (bicyclic) bond motifs is 12. The summed E-state index contributed by atoms with van der Waals surface area (Å²) in [6.07, 6.45) is 0. The smallest absolute Gasteiger partial charge is 0.194 e. The predicted molar refractivity (Wildman–Crippen MR) is 257 cm³/mol. The maximum absolute atomic E-state index is 7.37. The minimum atomic E-state index is 0.658. The van der Waals surface area contributed by atoms with Crippen molar-refractivity contribution >= 4 is 93.3 Å². The van der Waals surface area contributed by atoms with E-state index in [4.69, 9.17) is 8.83 Å². The lowest BCUT2D eigenvalue weighted by Crippen LogP contribution is -2.11. The van der Waals surface area contributed by atoms with E-state index in [1.54, 1.807) is 0 Å². The van der Waals surface area contributed by atoms with E-state index in [-0.39, 0.29) is 0 Å². The van der Waals surface area contributed by atoms with Crippen molar-refractivity contribution in [3.63, 3.8) is 0 Å². The summed E-state index contributed by atoms with van der Waals surface area (Å²) in [5.41, 5.74) is 10.3. The Labute approximate surface area is 352 Å². The van der Waals surface area contributed by atoms with Crippen molar-refractivity contribution in [2.24, 2.45) is 0 Å². The van der Waals surface area contributed by atoms with Crippen molar-refractivity contribution in [2.75, 3.05) is 4.90 Å². The Hall–Kier alpha value is -8.14. The summed E-state index contributed by atoms with van der Waals surface area (Å²) < 4.78 is 14.3. The van der Waals surface area contributed by atoms with Crippen LogP contribution < -0.4 is 4.90 Å². The summed E-state index contributed by atoms with van der Waals surface area (Å²) in [5.74, 6) is 0. The summed E-state index contributed by atoms with van der Waals surface area (Å²) in [5, 5.41) is 11.4. The Morgan fingerprint density at radius 1 is 0.262 bits per heavy atom. The van der Waals surface area contributed by atoms with Crippen LogP contribution in [0.1, 0.15) is 0 Å². The minimum absolute atomic E-state index is 0.658. The maximum atomic E-state index is 7.37. The Balaban J connectivity index is 1.11. The first-order valence-electron chi connectivity index (χ1n) is 20.7. The van der Waals surface area contributed by atoms with Gasteiger partial charge in [-0.25, -0.2) is 0 Å². The van der Waals surface area contributed by atoms with Crippen LogP contribution in [0.4, 0.5) is 17.1 Å². The highest BCUT2D eigenvalue weighted by Gasteiger charge is 2.22. The summed E-state index contributed by atoms with van der Waals surface area (Å²) in [6, 6.07) is 79.7. The number of para-hydroxylation sites is 1.